The van der Waals surface area contributed by atoms with E-state index < -0.39 is 0 Å². The molecule has 2 unspecified atom stereocenters. The summed E-state index contributed by atoms with van der Waals surface area (Å²) < 4.78 is 0. The highest BCUT2D eigenvalue weighted by Crippen LogP contribution is 2.25. The van der Waals surface area contributed by atoms with E-state index >= 15 is 0 Å². The molecule has 0 aliphatic carbocycles. The van der Waals surface area contributed by atoms with Crippen molar-refractivity contribution in [2.45, 2.75) is 50.8 Å². The smallest absolute Gasteiger partial charge is 0.0414 e. The summed E-state index contributed by atoms with van der Waals surface area (Å²) in [5, 5.41) is 0. The SMILES string of the molecule is CCCCC(CC)C(Br)Cc1ccccn1. The third-order valence-electron chi connectivity index (χ3n) is 3.09. The van der Waals surface area contributed by atoms with Gasteiger partial charge in [-0.15, -0.1) is 0 Å². The predicted molar refractivity (Wildman–Crippen MR) is 74.0 cm³/mol. The zero-order chi connectivity index (χ0) is 11.8. The topological polar surface area (TPSA) is 12.9 Å². The zero-order valence-electron chi connectivity index (χ0n) is 10.3. The van der Waals surface area contributed by atoms with E-state index in [2.05, 4.69) is 46.9 Å². The van der Waals surface area contributed by atoms with Crippen LogP contribution in [0.3, 0.4) is 0 Å². The van der Waals surface area contributed by atoms with E-state index in [-0.39, 0.29) is 0 Å². The molecule has 0 saturated carbocycles. The lowest BCUT2D eigenvalue weighted by molar-refractivity contribution is 0.436. The number of nitrogens with zero attached hydrogens (tertiary/aromatic N) is 1. The van der Waals surface area contributed by atoms with Gasteiger partial charge in [-0.3, -0.25) is 4.98 Å². The molecule has 0 N–H and O–H groups in total. The molecule has 1 nitrogen and oxygen atoms in total. The van der Waals surface area contributed by atoms with Gasteiger partial charge in [0.05, 0.1) is 0 Å². The highest BCUT2D eigenvalue weighted by atomic mass is 79.9. The van der Waals surface area contributed by atoms with Crippen LogP contribution in [0.5, 0.6) is 0 Å². The van der Waals surface area contributed by atoms with Crippen LogP contribution in [-0.4, -0.2) is 9.81 Å². The summed E-state index contributed by atoms with van der Waals surface area (Å²) in [4.78, 5) is 4.95. The summed E-state index contributed by atoms with van der Waals surface area (Å²) in [7, 11) is 0. The van der Waals surface area contributed by atoms with Crippen LogP contribution in [0.15, 0.2) is 24.4 Å². The normalized spacial score (nSPS) is 14.7. The number of pyridine rings is 1. The maximum absolute atomic E-state index is 4.39. The molecule has 1 aromatic rings. The monoisotopic (exact) mass is 283 g/mol. The first-order valence-electron chi connectivity index (χ1n) is 6.31. The Morgan fingerprint density at radius 2 is 2.12 bits per heavy atom. The van der Waals surface area contributed by atoms with Crippen LogP contribution in [0.25, 0.3) is 0 Å². The lowest BCUT2D eigenvalue weighted by Crippen LogP contribution is -2.17. The molecule has 0 aromatic carbocycles. The molecule has 0 saturated heterocycles. The molecule has 0 bridgehead atoms. The van der Waals surface area contributed by atoms with Gasteiger partial charge in [-0.1, -0.05) is 55.1 Å². The van der Waals surface area contributed by atoms with E-state index in [0.29, 0.717) is 4.83 Å². The van der Waals surface area contributed by atoms with E-state index in [4.69, 9.17) is 0 Å². The molecule has 16 heavy (non-hydrogen) atoms. The van der Waals surface area contributed by atoms with Crippen LogP contribution in [0.1, 0.15) is 45.2 Å². The van der Waals surface area contributed by atoms with E-state index in [1.807, 2.05) is 12.3 Å². The summed E-state index contributed by atoms with van der Waals surface area (Å²) in [6.45, 7) is 4.54. The van der Waals surface area contributed by atoms with Crippen molar-refractivity contribution < 1.29 is 0 Å². The van der Waals surface area contributed by atoms with Crippen LogP contribution >= 0.6 is 15.9 Å². The summed E-state index contributed by atoms with van der Waals surface area (Å²) in [5.41, 5.74) is 1.19. The predicted octanol–water partition coefficient (Wildman–Crippen LogP) is 4.60. The molecule has 0 aliphatic rings. The van der Waals surface area contributed by atoms with Crippen molar-refractivity contribution in [1.82, 2.24) is 4.98 Å². The Balaban J connectivity index is 2.46. The Morgan fingerprint density at radius 3 is 2.69 bits per heavy atom. The van der Waals surface area contributed by atoms with Gasteiger partial charge in [0.1, 0.15) is 0 Å². The van der Waals surface area contributed by atoms with Crippen LogP contribution in [0.2, 0.25) is 0 Å². The molecule has 2 atom stereocenters. The first-order chi connectivity index (χ1) is 7.77. The molecular formula is C14H22BrN. The van der Waals surface area contributed by atoms with Crippen molar-refractivity contribution in [2.75, 3.05) is 0 Å². The van der Waals surface area contributed by atoms with Gasteiger partial charge >= 0.3 is 0 Å². The highest BCUT2D eigenvalue weighted by Gasteiger charge is 2.17. The zero-order valence-corrected chi connectivity index (χ0v) is 11.9. The quantitative estimate of drug-likeness (QED) is 0.667. The fraction of sp³-hybridized carbons (Fsp3) is 0.643. The van der Waals surface area contributed by atoms with Gasteiger partial charge in [0, 0.05) is 23.1 Å². The summed E-state index contributed by atoms with van der Waals surface area (Å²) in [6.07, 6.45) is 8.13. The average Bonchev–Trinajstić information content (AvgIpc) is 2.31. The first kappa shape index (κ1) is 13.7. The molecule has 0 radical (unpaired) electrons. The van der Waals surface area contributed by atoms with Gasteiger partial charge in [0.25, 0.3) is 0 Å². The van der Waals surface area contributed by atoms with Gasteiger partial charge in [0.15, 0.2) is 0 Å². The Kier molecular flexibility index (Phi) is 6.70. The molecule has 0 spiro atoms. The van der Waals surface area contributed by atoms with E-state index in [9.17, 15) is 0 Å². The molecule has 90 valence electrons. The van der Waals surface area contributed by atoms with Crippen molar-refractivity contribution in [3.63, 3.8) is 0 Å². The van der Waals surface area contributed by atoms with Crippen molar-refractivity contribution >= 4 is 15.9 Å². The number of alkyl halides is 1. The van der Waals surface area contributed by atoms with E-state index in [1.54, 1.807) is 0 Å². The largest absolute Gasteiger partial charge is 0.261 e. The van der Waals surface area contributed by atoms with Crippen molar-refractivity contribution in [1.29, 1.82) is 0 Å². The second kappa shape index (κ2) is 7.83. The molecule has 0 fully saturated rings. The Labute approximate surface area is 108 Å². The molecule has 1 rings (SSSR count). The minimum atomic E-state index is 0.568. The van der Waals surface area contributed by atoms with Crippen LogP contribution in [0.4, 0.5) is 0 Å². The van der Waals surface area contributed by atoms with E-state index in [1.165, 1.54) is 31.4 Å². The number of rotatable bonds is 7. The summed E-state index contributed by atoms with van der Waals surface area (Å²) in [5.74, 6) is 0.780. The number of hydrogen-bond donors (Lipinski definition) is 0. The molecule has 2 heteroatoms. The molecular weight excluding hydrogens is 262 g/mol. The maximum atomic E-state index is 4.39. The Bertz CT molecular complexity index is 273. The third-order valence-corrected chi connectivity index (χ3v) is 4.17. The van der Waals surface area contributed by atoms with Gasteiger partial charge in [-0.05, 0) is 24.5 Å². The first-order valence-corrected chi connectivity index (χ1v) is 7.23. The highest BCUT2D eigenvalue weighted by molar-refractivity contribution is 9.09. The number of unbranched alkanes of at least 4 members (excludes halogenated alkanes) is 1. The fourth-order valence-corrected chi connectivity index (χ4v) is 2.96. The van der Waals surface area contributed by atoms with E-state index in [0.717, 1.165) is 12.3 Å². The van der Waals surface area contributed by atoms with Gasteiger partial charge in [-0.25, -0.2) is 0 Å². The maximum Gasteiger partial charge on any atom is 0.0414 e. The number of hydrogen-bond acceptors (Lipinski definition) is 1. The third kappa shape index (κ3) is 4.65. The molecule has 0 amide bonds. The minimum Gasteiger partial charge on any atom is -0.261 e. The van der Waals surface area contributed by atoms with Crippen LogP contribution < -0.4 is 0 Å². The second-order valence-corrected chi connectivity index (χ2v) is 5.53. The Hall–Kier alpha value is -0.370. The summed E-state index contributed by atoms with van der Waals surface area (Å²) in [6, 6.07) is 6.15. The van der Waals surface area contributed by atoms with Gasteiger partial charge in [-0.2, -0.15) is 0 Å². The summed E-state index contributed by atoms with van der Waals surface area (Å²) >= 11 is 3.83. The number of halogens is 1. The van der Waals surface area contributed by atoms with Crippen LogP contribution in [-0.2, 0) is 6.42 Å². The van der Waals surface area contributed by atoms with Gasteiger partial charge in [0.2, 0.25) is 0 Å². The van der Waals surface area contributed by atoms with Crippen molar-refractivity contribution in [3.05, 3.63) is 30.1 Å². The minimum absolute atomic E-state index is 0.568. The van der Waals surface area contributed by atoms with Gasteiger partial charge < -0.3 is 0 Å². The molecule has 1 heterocycles. The average molecular weight is 284 g/mol. The Morgan fingerprint density at radius 1 is 1.31 bits per heavy atom. The standard InChI is InChI=1S/C14H22BrN/c1-3-5-8-12(4-2)14(15)11-13-9-6-7-10-16-13/h6-7,9-10,12,14H,3-5,8,11H2,1-2H3. The second-order valence-electron chi connectivity index (χ2n) is 4.35. The fourth-order valence-electron chi connectivity index (χ4n) is 1.99. The number of aromatic nitrogens is 1. The lowest BCUT2D eigenvalue weighted by Gasteiger charge is -2.20. The molecule has 0 aliphatic heterocycles. The molecule has 1 aromatic heterocycles. The van der Waals surface area contributed by atoms with Crippen molar-refractivity contribution in [3.8, 4) is 0 Å². The van der Waals surface area contributed by atoms with Crippen LogP contribution in [0, 0.1) is 5.92 Å². The van der Waals surface area contributed by atoms with Crippen molar-refractivity contribution in [2.24, 2.45) is 5.92 Å². The lowest BCUT2D eigenvalue weighted by atomic mass is 9.93.